The molecule has 0 atom stereocenters. The van der Waals surface area contributed by atoms with Gasteiger partial charge in [-0.1, -0.05) is 18.2 Å². The van der Waals surface area contributed by atoms with Gasteiger partial charge in [-0.2, -0.15) is 0 Å². The molecule has 17 heavy (non-hydrogen) atoms. The van der Waals surface area contributed by atoms with Gasteiger partial charge >= 0.3 is 0 Å². The molecule has 1 heterocycles. The van der Waals surface area contributed by atoms with Crippen molar-refractivity contribution in [3.8, 4) is 0 Å². The number of carbonyl (C=O) groups excluding carboxylic acids is 1. The summed E-state index contributed by atoms with van der Waals surface area (Å²) in [6.07, 6.45) is 1.54. The van der Waals surface area contributed by atoms with Crippen LogP contribution in [0.25, 0.3) is 0 Å². The van der Waals surface area contributed by atoms with E-state index in [1.54, 1.807) is 24.2 Å². The highest BCUT2D eigenvalue weighted by atomic mass is 16.3. The fourth-order valence-electron chi connectivity index (χ4n) is 1.80. The van der Waals surface area contributed by atoms with E-state index in [9.17, 15) is 4.79 Å². The first-order valence-corrected chi connectivity index (χ1v) is 5.65. The summed E-state index contributed by atoms with van der Waals surface area (Å²) in [5, 5.41) is 0. The summed E-state index contributed by atoms with van der Waals surface area (Å²) in [6.45, 7) is 4.39. The van der Waals surface area contributed by atoms with E-state index >= 15 is 0 Å². The monoisotopic (exact) mass is 229 g/mol. The number of anilines is 1. The van der Waals surface area contributed by atoms with Crippen LogP contribution < -0.4 is 4.90 Å². The molecule has 0 N–H and O–H groups in total. The van der Waals surface area contributed by atoms with Gasteiger partial charge < -0.3 is 9.32 Å². The summed E-state index contributed by atoms with van der Waals surface area (Å²) in [5.74, 6) is 0.634. The number of furan rings is 1. The molecular weight excluding hydrogens is 214 g/mol. The average Bonchev–Trinajstić information content (AvgIpc) is 2.77. The van der Waals surface area contributed by atoms with Gasteiger partial charge in [0.1, 0.15) is 5.76 Å². The van der Waals surface area contributed by atoms with Gasteiger partial charge in [-0.05, 0) is 32.0 Å². The van der Waals surface area contributed by atoms with Gasteiger partial charge in [0.25, 0.3) is 5.91 Å². The lowest BCUT2D eigenvalue weighted by Gasteiger charge is -2.20. The number of amides is 1. The number of benzene rings is 1. The molecule has 88 valence electrons. The highest BCUT2D eigenvalue weighted by Gasteiger charge is 2.19. The van der Waals surface area contributed by atoms with Gasteiger partial charge in [0.15, 0.2) is 0 Å². The van der Waals surface area contributed by atoms with E-state index in [-0.39, 0.29) is 5.91 Å². The summed E-state index contributed by atoms with van der Waals surface area (Å²) in [4.78, 5) is 14.1. The van der Waals surface area contributed by atoms with E-state index in [0.29, 0.717) is 17.9 Å². The fourth-order valence-corrected chi connectivity index (χ4v) is 1.80. The lowest BCUT2D eigenvalue weighted by Crippen LogP contribution is -2.30. The van der Waals surface area contributed by atoms with Crippen molar-refractivity contribution in [1.29, 1.82) is 0 Å². The molecule has 0 unspecified atom stereocenters. The van der Waals surface area contributed by atoms with Crippen LogP contribution >= 0.6 is 0 Å². The van der Waals surface area contributed by atoms with Crippen molar-refractivity contribution >= 4 is 11.6 Å². The van der Waals surface area contributed by atoms with Gasteiger partial charge in [-0.25, -0.2) is 0 Å². The molecule has 0 bridgehead atoms. The average molecular weight is 229 g/mol. The topological polar surface area (TPSA) is 33.5 Å². The number of aryl methyl sites for hydroxylation is 1. The molecule has 0 radical (unpaired) electrons. The minimum atomic E-state index is -0.0232. The second kappa shape index (κ2) is 4.87. The Kier molecular flexibility index (Phi) is 3.28. The summed E-state index contributed by atoms with van der Waals surface area (Å²) >= 11 is 0. The summed E-state index contributed by atoms with van der Waals surface area (Å²) in [7, 11) is 0. The smallest absolute Gasteiger partial charge is 0.261 e. The molecule has 2 rings (SSSR count). The van der Waals surface area contributed by atoms with Crippen LogP contribution in [0.2, 0.25) is 0 Å². The number of carbonyl (C=O) groups is 1. The lowest BCUT2D eigenvalue weighted by atomic mass is 10.2. The molecule has 0 aliphatic carbocycles. The van der Waals surface area contributed by atoms with E-state index in [2.05, 4.69) is 0 Å². The third-order valence-electron chi connectivity index (χ3n) is 2.72. The van der Waals surface area contributed by atoms with Crippen molar-refractivity contribution in [2.75, 3.05) is 11.4 Å². The molecule has 2 aromatic rings. The molecule has 0 saturated carbocycles. The molecule has 3 heteroatoms. The molecule has 0 aliphatic rings. The zero-order valence-corrected chi connectivity index (χ0v) is 10.0. The molecule has 0 spiro atoms. The number of rotatable bonds is 3. The van der Waals surface area contributed by atoms with E-state index in [1.165, 1.54) is 0 Å². The van der Waals surface area contributed by atoms with E-state index < -0.39 is 0 Å². The highest BCUT2D eigenvalue weighted by molar-refractivity contribution is 6.06. The minimum Gasteiger partial charge on any atom is -0.469 e. The fraction of sp³-hybridized carbons (Fsp3) is 0.214. The predicted octanol–water partition coefficient (Wildman–Crippen LogP) is 3.25. The van der Waals surface area contributed by atoms with Crippen LogP contribution in [-0.4, -0.2) is 12.5 Å². The van der Waals surface area contributed by atoms with Gasteiger partial charge in [0.05, 0.1) is 11.8 Å². The highest BCUT2D eigenvalue weighted by Crippen LogP contribution is 2.18. The Morgan fingerprint density at radius 3 is 2.47 bits per heavy atom. The zero-order valence-electron chi connectivity index (χ0n) is 10.0. The van der Waals surface area contributed by atoms with Gasteiger partial charge in [-0.3, -0.25) is 4.79 Å². The van der Waals surface area contributed by atoms with Crippen LogP contribution in [0.5, 0.6) is 0 Å². The van der Waals surface area contributed by atoms with Crippen LogP contribution in [0.1, 0.15) is 23.0 Å². The standard InChI is InChI=1S/C14H15NO2/c1-3-15(12-7-5-4-6-8-12)14(16)13-9-10-17-11(13)2/h4-10H,3H2,1-2H3. The first-order valence-electron chi connectivity index (χ1n) is 5.65. The summed E-state index contributed by atoms with van der Waals surface area (Å²) in [6, 6.07) is 11.4. The van der Waals surface area contributed by atoms with Crippen LogP contribution in [-0.2, 0) is 0 Å². The Bertz CT molecular complexity index is 502. The third kappa shape index (κ3) is 2.23. The zero-order chi connectivity index (χ0) is 12.3. The number of nitrogens with zero attached hydrogens (tertiary/aromatic N) is 1. The van der Waals surface area contributed by atoms with Gasteiger partial charge in [0.2, 0.25) is 0 Å². The maximum Gasteiger partial charge on any atom is 0.261 e. The van der Waals surface area contributed by atoms with Crippen molar-refractivity contribution in [2.45, 2.75) is 13.8 Å². The van der Waals surface area contributed by atoms with Crippen LogP contribution in [0.4, 0.5) is 5.69 Å². The van der Waals surface area contributed by atoms with Crippen molar-refractivity contribution in [3.63, 3.8) is 0 Å². The SMILES string of the molecule is CCN(C(=O)c1ccoc1C)c1ccccc1. The van der Waals surface area contributed by atoms with Crippen molar-refractivity contribution in [2.24, 2.45) is 0 Å². The Morgan fingerprint density at radius 1 is 1.24 bits per heavy atom. The minimum absolute atomic E-state index is 0.0232. The molecule has 1 amide bonds. The molecule has 3 nitrogen and oxygen atoms in total. The Labute approximate surface area is 101 Å². The van der Waals surface area contributed by atoms with E-state index in [4.69, 9.17) is 4.42 Å². The summed E-state index contributed by atoms with van der Waals surface area (Å²) in [5.41, 5.74) is 1.52. The number of hydrogen-bond donors (Lipinski definition) is 0. The Hall–Kier alpha value is -2.03. The number of para-hydroxylation sites is 1. The maximum atomic E-state index is 12.3. The first kappa shape index (κ1) is 11.5. The predicted molar refractivity (Wildman–Crippen MR) is 67.2 cm³/mol. The largest absolute Gasteiger partial charge is 0.469 e. The lowest BCUT2D eigenvalue weighted by molar-refractivity contribution is 0.0987. The second-order valence-corrected chi connectivity index (χ2v) is 3.78. The molecule has 0 saturated heterocycles. The molecule has 1 aromatic carbocycles. The normalized spacial score (nSPS) is 10.2. The van der Waals surface area contributed by atoms with Crippen molar-refractivity contribution in [1.82, 2.24) is 0 Å². The molecule has 0 aliphatic heterocycles. The second-order valence-electron chi connectivity index (χ2n) is 3.78. The van der Waals surface area contributed by atoms with E-state index in [0.717, 1.165) is 5.69 Å². The third-order valence-corrected chi connectivity index (χ3v) is 2.72. The van der Waals surface area contributed by atoms with E-state index in [1.807, 2.05) is 37.3 Å². The maximum absolute atomic E-state index is 12.3. The summed E-state index contributed by atoms with van der Waals surface area (Å²) < 4.78 is 5.17. The Morgan fingerprint density at radius 2 is 1.94 bits per heavy atom. The van der Waals surface area contributed by atoms with Gasteiger partial charge in [0, 0.05) is 12.2 Å². The number of hydrogen-bond acceptors (Lipinski definition) is 2. The first-order chi connectivity index (χ1) is 8.24. The quantitative estimate of drug-likeness (QED) is 0.809. The van der Waals surface area contributed by atoms with Crippen LogP contribution in [0.15, 0.2) is 47.1 Å². The molecule has 0 fully saturated rings. The van der Waals surface area contributed by atoms with Crippen molar-refractivity contribution in [3.05, 3.63) is 54.0 Å². The van der Waals surface area contributed by atoms with Crippen LogP contribution in [0.3, 0.4) is 0 Å². The molecule has 1 aromatic heterocycles. The molecular formula is C14H15NO2. The van der Waals surface area contributed by atoms with Crippen LogP contribution in [0, 0.1) is 6.92 Å². The Balaban J connectivity index is 2.32. The van der Waals surface area contributed by atoms with Gasteiger partial charge in [-0.15, -0.1) is 0 Å². The van der Waals surface area contributed by atoms with Crippen molar-refractivity contribution < 1.29 is 9.21 Å².